The van der Waals surface area contributed by atoms with Crippen LogP contribution in [0.15, 0.2) is 68.9 Å². The molecule has 1 atom stereocenters. The Labute approximate surface area is 195 Å². The maximum absolute atomic E-state index is 13.7. The molecule has 0 aromatic heterocycles. The lowest BCUT2D eigenvalue weighted by molar-refractivity contribution is -0.133. The van der Waals surface area contributed by atoms with Gasteiger partial charge < -0.3 is 14.9 Å². The van der Waals surface area contributed by atoms with E-state index >= 15 is 0 Å². The first kappa shape index (κ1) is 22.7. The van der Waals surface area contributed by atoms with Crippen LogP contribution in [0.3, 0.4) is 0 Å². The topological polar surface area (TPSA) is 121 Å². The Morgan fingerprint density at radius 1 is 1.12 bits per heavy atom. The van der Waals surface area contributed by atoms with E-state index in [9.17, 15) is 22.5 Å². The smallest absolute Gasteiger partial charge is 0.316 e. The van der Waals surface area contributed by atoms with E-state index in [-0.39, 0.29) is 39.8 Å². The van der Waals surface area contributed by atoms with Crippen LogP contribution in [0.4, 0.5) is 5.69 Å². The number of carboxylic acid groups (broad SMARTS) is 1. The van der Waals surface area contributed by atoms with E-state index < -0.39 is 38.6 Å². The number of nitrogens with zero attached hydrogens (tertiary/aromatic N) is 1. The van der Waals surface area contributed by atoms with Crippen molar-refractivity contribution in [1.82, 2.24) is 0 Å². The van der Waals surface area contributed by atoms with Gasteiger partial charge in [0.25, 0.3) is 10.0 Å². The van der Waals surface area contributed by atoms with Gasteiger partial charge in [0.05, 0.1) is 45.5 Å². The van der Waals surface area contributed by atoms with Gasteiger partial charge in [-0.25, -0.2) is 8.42 Å². The fraction of sp³-hybridized carbons (Fsp3) is 0.190. The molecule has 3 aromatic carbocycles. The van der Waals surface area contributed by atoms with Crippen LogP contribution in [0.25, 0.3) is 10.8 Å². The number of phenols is 1. The molecule has 1 aliphatic rings. The van der Waals surface area contributed by atoms with Crippen molar-refractivity contribution in [3.63, 3.8) is 0 Å². The number of halogens is 1. The molecule has 32 heavy (non-hydrogen) atoms. The average molecular weight is 540 g/mol. The van der Waals surface area contributed by atoms with Crippen molar-refractivity contribution >= 4 is 59.2 Å². The van der Waals surface area contributed by atoms with E-state index in [0.717, 1.165) is 4.47 Å². The third-order valence-corrected chi connectivity index (χ3v) is 8.74. The van der Waals surface area contributed by atoms with Crippen LogP contribution in [-0.4, -0.2) is 53.8 Å². The molecule has 0 saturated carbocycles. The minimum Gasteiger partial charge on any atom is -0.506 e. The van der Waals surface area contributed by atoms with E-state index in [1.165, 1.54) is 22.5 Å². The SMILES string of the molecule is O=C(O)CS(=O)c1cc(N(C2COC2)S(=O)(=O)c2ccc(Br)cc2)c2ccccc2c1O. The lowest BCUT2D eigenvalue weighted by Gasteiger charge is -2.38. The number of fused-ring (bicyclic) bond motifs is 1. The number of anilines is 1. The van der Waals surface area contributed by atoms with Gasteiger partial charge in [0, 0.05) is 15.2 Å². The van der Waals surface area contributed by atoms with Crippen molar-refractivity contribution in [1.29, 1.82) is 0 Å². The van der Waals surface area contributed by atoms with Crippen molar-refractivity contribution in [2.24, 2.45) is 0 Å². The first-order valence-corrected chi connectivity index (χ1v) is 13.0. The number of hydrogen-bond acceptors (Lipinski definition) is 6. The number of sulfonamides is 1. The largest absolute Gasteiger partial charge is 0.506 e. The number of rotatable bonds is 7. The van der Waals surface area contributed by atoms with E-state index in [4.69, 9.17) is 9.84 Å². The highest BCUT2D eigenvalue weighted by molar-refractivity contribution is 9.10. The van der Waals surface area contributed by atoms with Crippen LogP contribution >= 0.6 is 15.9 Å². The molecule has 1 saturated heterocycles. The summed E-state index contributed by atoms with van der Waals surface area (Å²) < 4.78 is 47.2. The molecule has 8 nitrogen and oxygen atoms in total. The van der Waals surface area contributed by atoms with Crippen molar-refractivity contribution in [3.8, 4) is 5.75 Å². The summed E-state index contributed by atoms with van der Waals surface area (Å²) in [6.45, 7) is 0.330. The number of aliphatic carboxylic acids is 1. The Balaban J connectivity index is 1.97. The van der Waals surface area contributed by atoms with Gasteiger partial charge in [-0.2, -0.15) is 0 Å². The lowest BCUT2D eigenvalue weighted by Crippen LogP contribution is -2.52. The zero-order valence-corrected chi connectivity index (χ0v) is 19.7. The zero-order chi connectivity index (χ0) is 23.0. The molecule has 0 bridgehead atoms. The number of hydrogen-bond donors (Lipinski definition) is 2. The van der Waals surface area contributed by atoms with Gasteiger partial charge in [-0.3, -0.25) is 13.3 Å². The monoisotopic (exact) mass is 539 g/mol. The first-order chi connectivity index (χ1) is 15.2. The summed E-state index contributed by atoms with van der Waals surface area (Å²) in [5.41, 5.74) is 0.198. The normalized spacial score (nSPS) is 15.3. The van der Waals surface area contributed by atoms with E-state index in [1.807, 2.05) is 0 Å². The Morgan fingerprint density at radius 2 is 1.75 bits per heavy atom. The summed E-state index contributed by atoms with van der Waals surface area (Å²) >= 11 is 3.30. The van der Waals surface area contributed by atoms with Gasteiger partial charge in [0.2, 0.25) is 0 Å². The van der Waals surface area contributed by atoms with Crippen LogP contribution in [0, 0.1) is 0 Å². The first-order valence-electron chi connectivity index (χ1n) is 9.43. The highest BCUT2D eigenvalue weighted by Crippen LogP contribution is 2.41. The molecule has 2 N–H and O–H groups in total. The molecular formula is C21H18BrNO7S2. The maximum Gasteiger partial charge on any atom is 0.316 e. The lowest BCUT2D eigenvalue weighted by atomic mass is 10.1. The van der Waals surface area contributed by atoms with Crippen molar-refractivity contribution in [2.75, 3.05) is 23.3 Å². The molecule has 0 spiro atoms. The second-order valence-electron chi connectivity index (χ2n) is 7.12. The molecule has 1 fully saturated rings. The predicted octanol–water partition coefficient (Wildman–Crippen LogP) is 3.09. The minimum absolute atomic E-state index is 0.0537. The Morgan fingerprint density at radius 3 is 2.31 bits per heavy atom. The Kier molecular flexibility index (Phi) is 6.26. The minimum atomic E-state index is -4.07. The quantitative estimate of drug-likeness (QED) is 0.473. The van der Waals surface area contributed by atoms with Crippen LogP contribution in [0.2, 0.25) is 0 Å². The molecule has 0 radical (unpaired) electrons. The summed E-state index contributed by atoms with van der Waals surface area (Å²) in [5, 5.41) is 20.5. The highest BCUT2D eigenvalue weighted by Gasteiger charge is 2.38. The number of aromatic hydroxyl groups is 1. The van der Waals surface area contributed by atoms with Crippen LogP contribution < -0.4 is 4.31 Å². The van der Waals surface area contributed by atoms with Gasteiger partial charge >= 0.3 is 5.97 Å². The number of ether oxygens (including phenoxy) is 1. The van der Waals surface area contributed by atoms with Crippen molar-refractivity contribution in [2.45, 2.75) is 15.8 Å². The van der Waals surface area contributed by atoms with Crippen LogP contribution in [0.5, 0.6) is 5.75 Å². The molecule has 3 aromatic rings. The standard InChI is InChI=1S/C21H18BrNO7S2/c22-13-5-7-15(8-6-13)32(28,29)23(14-10-30-11-14)18-9-19(31(27)12-20(24)25)21(26)17-4-2-1-3-16(17)18/h1-9,14,26H,10-12H2,(H,24,25). The molecule has 11 heteroatoms. The molecule has 0 amide bonds. The zero-order valence-electron chi connectivity index (χ0n) is 16.5. The number of benzene rings is 3. The highest BCUT2D eigenvalue weighted by atomic mass is 79.9. The van der Waals surface area contributed by atoms with Gasteiger partial charge in [-0.1, -0.05) is 40.2 Å². The summed E-state index contributed by atoms with van der Waals surface area (Å²) in [5.74, 6) is -2.36. The van der Waals surface area contributed by atoms with Crippen LogP contribution in [-0.2, 0) is 30.4 Å². The molecule has 1 heterocycles. The molecule has 4 rings (SSSR count). The third-order valence-electron chi connectivity index (χ3n) is 5.02. The second kappa shape index (κ2) is 8.81. The second-order valence-corrected chi connectivity index (χ2v) is 11.3. The van der Waals surface area contributed by atoms with Gasteiger partial charge in [0.1, 0.15) is 11.5 Å². The summed E-state index contributed by atoms with van der Waals surface area (Å²) in [6, 6.07) is 13.5. The van der Waals surface area contributed by atoms with Crippen molar-refractivity contribution in [3.05, 3.63) is 59.1 Å². The Bertz CT molecular complexity index is 1320. The van der Waals surface area contributed by atoms with Gasteiger partial charge in [-0.15, -0.1) is 0 Å². The van der Waals surface area contributed by atoms with Crippen LogP contribution in [0.1, 0.15) is 0 Å². The fourth-order valence-corrected chi connectivity index (χ4v) is 6.31. The number of carboxylic acids is 1. The maximum atomic E-state index is 13.7. The summed E-state index contributed by atoms with van der Waals surface area (Å²) in [7, 11) is -6.15. The molecule has 168 valence electrons. The molecule has 1 aliphatic heterocycles. The molecule has 1 unspecified atom stereocenters. The molecule has 0 aliphatic carbocycles. The summed E-state index contributed by atoms with van der Waals surface area (Å²) in [4.78, 5) is 11.0. The van der Waals surface area contributed by atoms with E-state index in [1.54, 1.807) is 36.4 Å². The van der Waals surface area contributed by atoms with Gasteiger partial charge in [-0.05, 0) is 30.3 Å². The van der Waals surface area contributed by atoms with Crippen molar-refractivity contribution < 1.29 is 32.4 Å². The van der Waals surface area contributed by atoms with Gasteiger partial charge in [0.15, 0.2) is 0 Å². The summed E-state index contributed by atoms with van der Waals surface area (Å²) in [6.07, 6.45) is 0. The number of phenolic OH excluding ortho intramolecular Hbond substituents is 1. The Hall–Kier alpha value is -2.47. The predicted molar refractivity (Wildman–Crippen MR) is 123 cm³/mol. The average Bonchev–Trinajstić information content (AvgIpc) is 2.71. The van der Waals surface area contributed by atoms with E-state index in [2.05, 4.69) is 15.9 Å². The van der Waals surface area contributed by atoms with E-state index in [0.29, 0.717) is 5.39 Å². The molecular weight excluding hydrogens is 522 g/mol. The fourth-order valence-electron chi connectivity index (χ4n) is 3.46. The third kappa shape index (κ3) is 4.13. The number of carbonyl (C=O) groups is 1.